The van der Waals surface area contributed by atoms with Crippen molar-refractivity contribution in [1.29, 1.82) is 0 Å². The Hall–Kier alpha value is -4.59. The summed E-state index contributed by atoms with van der Waals surface area (Å²) in [5.74, 6) is -0.222. The summed E-state index contributed by atoms with van der Waals surface area (Å²) in [7, 11) is 0. The second kappa shape index (κ2) is 10.2. The minimum Gasteiger partial charge on any atom is -0.473 e. The molecule has 5 rings (SSSR count). The monoisotopic (exact) mass is 497 g/mol. The number of pyridine rings is 2. The Balaban J connectivity index is 1.31. The minimum absolute atomic E-state index is 0.128. The molecule has 0 radical (unpaired) electrons. The van der Waals surface area contributed by atoms with Gasteiger partial charge in [-0.3, -0.25) is 4.79 Å². The molecule has 37 heavy (non-hydrogen) atoms. The molecule has 0 N–H and O–H groups in total. The van der Waals surface area contributed by atoms with Crippen LogP contribution >= 0.6 is 0 Å². The van der Waals surface area contributed by atoms with Crippen molar-refractivity contribution in [2.24, 2.45) is 0 Å². The van der Waals surface area contributed by atoms with E-state index in [2.05, 4.69) is 9.97 Å². The Labute approximate surface area is 213 Å². The lowest BCUT2D eigenvalue weighted by molar-refractivity contribution is 0.0701. The topological polar surface area (TPSA) is 81.6 Å². The molecule has 7 nitrogen and oxygen atoms in total. The summed E-state index contributed by atoms with van der Waals surface area (Å²) in [4.78, 5) is 36.4. The fraction of sp³-hybridized carbons (Fsp3) is 0.172. The van der Waals surface area contributed by atoms with Crippen LogP contribution in [0.15, 0.2) is 79.1 Å². The highest BCUT2D eigenvalue weighted by Gasteiger charge is 2.35. The van der Waals surface area contributed by atoms with Crippen molar-refractivity contribution in [3.05, 3.63) is 118 Å². The van der Waals surface area contributed by atoms with Gasteiger partial charge in [-0.1, -0.05) is 30.3 Å². The summed E-state index contributed by atoms with van der Waals surface area (Å²) in [6.45, 7) is 4.28. The average Bonchev–Trinajstić information content (AvgIpc) is 3.25. The number of aryl methyl sites for hydroxylation is 1. The Morgan fingerprint density at radius 2 is 1.84 bits per heavy atom. The number of carbonyl (C=O) groups excluding carboxylic acids is 2. The number of ether oxygens (including phenoxy) is 2. The molecule has 2 aromatic carbocycles. The molecule has 186 valence electrons. The molecule has 1 aliphatic rings. The average molecular weight is 498 g/mol. The van der Waals surface area contributed by atoms with Crippen LogP contribution in [-0.2, 0) is 13.2 Å². The molecule has 1 amide bonds. The Kier molecular flexibility index (Phi) is 6.64. The van der Waals surface area contributed by atoms with Crippen LogP contribution in [0.5, 0.6) is 11.6 Å². The van der Waals surface area contributed by atoms with Crippen LogP contribution in [0.1, 0.15) is 56.1 Å². The van der Waals surface area contributed by atoms with Crippen molar-refractivity contribution in [1.82, 2.24) is 14.9 Å². The zero-order valence-corrected chi connectivity index (χ0v) is 20.3. The van der Waals surface area contributed by atoms with Gasteiger partial charge in [-0.05, 0) is 61.4 Å². The van der Waals surface area contributed by atoms with Gasteiger partial charge in [-0.2, -0.15) is 0 Å². The predicted octanol–water partition coefficient (Wildman–Crippen LogP) is 5.44. The van der Waals surface area contributed by atoms with E-state index in [4.69, 9.17) is 9.47 Å². The number of halogens is 1. The molecule has 0 spiro atoms. The fourth-order valence-electron chi connectivity index (χ4n) is 4.26. The van der Waals surface area contributed by atoms with Crippen molar-refractivity contribution >= 4 is 11.9 Å². The zero-order valence-electron chi connectivity index (χ0n) is 20.3. The smallest absolute Gasteiger partial charge is 0.362 e. The van der Waals surface area contributed by atoms with Crippen LogP contribution in [0.4, 0.5) is 4.39 Å². The minimum atomic E-state index is -0.606. The molecule has 0 fully saturated rings. The van der Waals surface area contributed by atoms with Gasteiger partial charge in [0.15, 0.2) is 5.69 Å². The molecule has 2 aromatic heterocycles. The van der Waals surface area contributed by atoms with E-state index in [1.807, 2.05) is 26.0 Å². The number of hydrogen-bond acceptors (Lipinski definition) is 6. The molecule has 0 saturated heterocycles. The molecule has 3 heterocycles. The van der Waals surface area contributed by atoms with Gasteiger partial charge < -0.3 is 14.4 Å². The molecule has 1 unspecified atom stereocenters. The number of aromatic nitrogens is 2. The van der Waals surface area contributed by atoms with Crippen LogP contribution in [-0.4, -0.2) is 26.7 Å². The third-order valence-corrected chi connectivity index (χ3v) is 6.31. The molecule has 0 aliphatic carbocycles. The molecule has 0 saturated carbocycles. The van der Waals surface area contributed by atoms with Gasteiger partial charge in [-0.25, -0.2) is 19.2 Å². The van der Waals surface area contributed by atoms with Crippen LogP contribution < -0.4 is 9.47 Å². The summed E-state index contributed by atoms with van der Waals surface area (Å²) < 4.78 is 24.4. The number of para-hydroxylation sites is 1. The van der Waals surface area contributed by atoms with E-state index in [-0.39, 0.29) is 36.6 Å². The molecule has 8 heteroatoms. The Morgan fingerprint density at radius 3 is 2.57 bits per heavy atom. The van der Waals surface area contributed by atoms with Gasteiger partial charge in [0.1, 0.15) is 18.2 Å². The van der Waals surface area contributed by atoms with Gasteiger partial charge in [0, 0.05) is 35.6 Å². The number of fused-ring (bicyclic) bond motifs is 1. The Morgan fingerprint density at radius 1 is 1.08 bits per heavy atom. The lowest BCUT2D eigenvalue weighted by Crippen LogP contribution is -2.27. The van der Waals surface area contributed by atoms with E-state index < -0.39 is 5.97 Å². The normalized spacial score (nSPS) is 13.3. The van der Waals surface area contributed by atoms with E-state index in [9.17, 15) is 14.0 Å². The molecule has 0 bridgehead atoms. The van der Waals surface area contributed by atoms with Crippen molar-refractivity contribution < 1.29 is 23.5 Å². The molecule has 1 atom stereocenters. The number of amides is 1. The van der Waals surface area contributed by atoms with Crippen molar-refractivity contribution in [2.75, 3.05) is 0 Å². The second-order valence-electron chi connectivity index (χ2n) is 8.80. The van der Waals surface area contributed by atoms with E-state index in [1.165, 1.54) is 18.3 Å². The lowest BCUT2D eigenvalue weighted by Gasteiger charge is -2.25. The van der Waals surface area contributed by atoms with Crippen LogP contribution in [0, 0.1) is 12.7 Å². The second-order valence-corrected chi connectivity index (χ2v) is 8.80. The molecule has 1 aliphatic heterocycles. The van der Waals surface area contributed by atoms with Gasteiger partial charge >= 0.3 is 5.97 Å². The Bertz CT molecular complexity index is 1460. The zero-order chi connectivity index (χ0) is 25.9. The lowest BCUT2D eigenvalue weighted by atomic mass is 10.1. The SMILES string of the molecule is Cc1cc(C(C)N2Cc3c(ccnc3C(=O)Oc3ccccc3)C2=O)cnc1OCc1ccc(F)cc1. The van der Waals surface area contributed by atoms with Crippen LogP contribution in [0.2, 0.25) is 0 Å². The maximum absolute atomic E-state index is 13.3. The molecular weight excluding hydrogens is 473 g/mol. The maximum Gasteiger partial charge on any atom is 0.362 e. The fourth-order valence-corrected chi connectivity index (χ4v) is 4.26. The number of nitrogens with zero attached hydrogens (tertiary/aromatic N) is 3. The van der Waals surface area contributed by atoms with E-state index in [1.54, 1.807) is 53.6 Å². The van der Waals surface area contributed by atoms with Gasteiger partial charge in [0.2, 0.25) is 5.88 Å². The largest absolute Gasteiger partial charge is 0.473 e. The highest BCUT2D eigenvalue weighted by Crippen LogP contribution is 2.33. The first-order chi connectivity index (χ1) is 17.9. The summed E-state index contributed by atoms with van der Waals surface area (Å²) in [6, 6.07) is 18.1. The highest BCUT2D eigenvalue weighted by atomic mass is 19.1. The first-order valence-electron chi connectivity index (χ1n) is 11.8. The first-order valence-corrected chi connectivity index (χ1v) is 11.8. The number of rotatable bonds is 7. The van der Waals surface area contributed by atoms with Gasteiger partial charge in [-0.15, -0.1) is 0 Å². The molecular formula is C29H24FN3O4. The van der Waals surface area contributed by atoms with Crippen LogP contribution in [0.3, 0.4) is 0 Å². The van der Waals surface area contributed by atoms with Gasteiger partial charge in [0.25, 0.3) is 5.91 Å². The van der Waals surface area contributed by atoms with Crippen molar-refractivity contribution in [3.63, 3.8) is 0 Å². The summed E-state index contributed by atoms with van der Waals surface area (Å²) in [5.41, 5.74) is 3.58. The van der Waals surface area contributed by atoms with E-state index in [0.29, 0.717) is 22.8 Å². The summed E-state index contributed by atoms with van der Waals surface area (Å²) >= 11 is 0. The van der Waals surface area contributed by atoms with Gasteiger partial charge in [0.05, 0.1) is 6.04 Å². The first kappa shape index (κ1) is 24.1. The number of esters is 1. The third kappa shape index (κ3) is 5.04. The number of hydrogen-bond donors (Lipinski definition) is 0. The third-order valence-electron chi connectivity index (χ3n) is 6.31. The highest BCUT2D eigenvalue weighted by molar-refractivity contribution is 6.02. The van der Waals surface area contributed by atoms with Crippen molar-refractivity contribution in [2.45, 2.75) is 33.0 Å². The predicted molar refractivity (Wildman–Crippen MR) is 134 cm³/mol. The number of benzene rings is 2. The van der Waals surface area contributed by atoms with Crippen LogP contribution in [0.25, 0.3) is 0 Å². The quantitative estimate of drug-likeness (QED) is 0.250. The number of carbonyl (C=O) groups is 2. The summed E-state index contributed by atoms with van der Waals surface area (Å²) in [5, 5.41) is 0. The van der Waals surface area contributed by atoms with E-state index in [0.717, 1.165) is 16.7 Å². The maximum atomic E-state index is 13.3. The summed E-state index contributed by atoms with van der Waals surface area (Å²) in [6.07, 6.45) is 3.13. The van der Waals surface area contributed by atoms with E-state index >= 15 is 0 Å². The van der Waals surface area contributed by atoms with Crippen molar-refractivity contribution in [3.8, 4) is 11.6 Å². The standard InChI is InChI=1S/C29H24FN3O4/c1-18-14-21(15-32-27(18)36-17-20-8-10-22(30)11-9-20)19(2)33-16-25-24(28(33)34)12-13-31-26(25)29(35)37-23-6-4-3-5-7-23/h3-15,19H,16-17H2,1-2H3. The molecule has 4 aromatic rings.